The van der Waals surface area contributed by atoms with Gasteiger partial charge in [0.15, 0.2) is 0 Å². The van der Waals surface area contributed by atoms with Crippen LogP contribution < -0.4 is 10.6 Å². The van der Waals surface area contributed by atoms with E-state index in [1.54, 1.807) is 11.8 Å². The number of benzene rings is 6. The molecule has 0 radical (unpaired) electrons. The lowest BCUT2D eigenvalue weighted by molar-refractivity contribution is -0.141. The minimum Gasteiger partial charge on any atom is -0.480 e. The largest absolute Gasteiger partial charge is 0.480 e. The predicted molar refractivity (Wildman–Crippen MR) is 203 cm³/mol. The zero-order valence-corrected chi connectivity index (χ0v) is 28.7. The standard InChI is InChI=1S/C44H40N2O3S/c1-33(42(48)49)45-41(47)40(46-43(34-20-8-2-9-21-34,35-22-10-3-11-23-35)36-24-12-4-13-25-36)32-50-44(37-26-14-5-15-27-37,38-28-16-6-17-29-38)39-30-18-7-19-31-39/h2-31,33,40,46H,32H2,1H3,(H,45,47)(H,48,49)/t33-,40+/m0/s1. The second kappa shape index (κ2) is 15.9. The molecule has 0 unspecified atom stereocenters. The summed E-state index contributed by atoms with van der Waals surface area (Å²) in [5.41, 5.74) is 5.10. The molecule has 0 saturated heterocycles. The summed E-state index contributed by atoms with van der Waals surface area (Å²) >= 11 is 1.66. The van der Waals surface area contributed by atoms with Gasteiger partial charge in [-0.1, -0.05) is 182 Å². The number of carbonyl (C=O) groups excluding carboxylic acids is 1. The molecule has 5 nitrogen and oxygen atoms in total. The van der Waals surface area contributed by atoms with Gasteiger partial charge in [-0.25, -0.2) is 0 Å². The van der Waals surface area contributed by atoms with Gasteiger partial charge in [-0.3, -0.25) is 14.9 Å². The van der Waals surface area contributed by atoms with Crippen LogP contribution in [0.25, 0.3) is 0 Å². The van der Waals surface area contributed by atoms with Crippen LogP contribution in [0.3, 0.4) is 0 Å². The topological polar surface area (TPSA) is 78.4 Å². The molecule has 0 fully saturated rings. The maximum atomic E-state index is 14.5. The van der Waals surface area contributed by atoms with E-state index in [9.17, 15) is 14.7 Å². The zero-order chi connectivity index (χ0) is 34.8. The van der Waals surface area contributed by atoms with Gasteiger partial charge in [-0.2, -0.15) is 0 Å². The molecule has 0 spiro atoms. The third kappa shape index (κ3) is 7.13. The van der Waals surface area contributed by atoms with E-state index in [0.29, 0.717) is 5.75 Å². The lowest BCUT2D eigenvalue weighted by atomic mass is 9.76. The van der Waals surface area contributed by atoms with E-state index in [4.69, 9.17) is 0 Å². The molecular formula is C44H40N2O3S. The van der Waals surface area contributed by atoms with Gasteiger partial charge in [-0.15, -0.1) is 11.8 Å². The van der Waals surface area contributed by atoms with Crippen molar-refractivity contribution in [3.63, 3.8) is 0 Å². The first-order chi connectivity index (χ1) is 24.4. The minimum absolute atomic E-state index is 0.297. The van der Waals surface area contributed by atoms with Crippen molar-refractivity contribution >= 4 is 23.6 Å². The number of hydrogen-bond acceptors (Lipinski definition) is 4. The van der Waals surface area contributed by atoms with Crippen molar-refractivity contribution in [3.05, 3.63) is 215 Å². The summed E-state index contributed by atoms with van der Waals surface area (Å²) in [6, 6.07) is 59.4. The Bertz CT molecular complexity index is 1770. The number of thioether (sulfide) groups is 1. The summed E-state index contributed by atoms with van der Waals surface area (Å²) in [4.78, 5) is 26.5. The molecule has 6 aromatic carbocycles. The van der Waals surface area contributed by atoms with E-state index in [2.05, 4.69) is 83.4 Å². The normalized spacial score (nSPS) is 12.8. The summed E-state index contributed by atoms with van der Waals surface area (Å²) in [6.07, 6.45) is 0. The Morgan fingerprint density at radius 2 is 0.840 bits per heavy atom. The van der Waals surface area contributed by atoms with E-state index in [1.807, 2.05) is 109 Å². The number of rotatable bonds is 14. The van der Waals surface area contributed by atoms with Gasteiger partial charge in [0.1, 0.15) is 6.04 Å². The van der Waals surface area contributed by atoms with Crippen molar-refractivity contribution in [1.82, 2.24) is 10.6 Å². The molecule has 50 heavy (non-hydrogen) atoms. The van der Waals surface area contributed by atoms with Gasteiger partial charge in [0.05, 0.1) is 16.3 Å². The van der Waals surface area contributed by atoms with E-state index < -0.39 is 34.2 Å². The van der Waals surface area contributed by atoms with Crippen molar-refractivity contribution in [3.8, 4) is 0 Å². The van der Waals surface area contributed by atoms with Crippen LogP contribution in [0.1, 0.15) is 40.3 Å². The number of hydrogen-bond donors (Lipinski definition) is 3. The molecule has 0 aromatic heterocycles. The number of carboxylic acids is 1. The summed E-state index contributed by atoms with van der Waals surface area (Å²) < 4.78 is -0.697. The number of carboxylic acid groups (broad SMARTS) is 1. The van der Waals surface area contributed by atoms with Crippen molar-refractivity contribution < 1.29 is 14.7 Å². The van der Waals surface area contributed by atoms with Crippen molar-refractivity contribution in [2.24, 2.45) is 0 Å². The summed E-state index contributed by atoms with van der Waals surface area (Å²) in [6.45, 7) is 1.49. The maximum absolute atomic E-state index is 14.5. The van der Waals surface area contributed by atoms with E-state index in [1.165, 1.54) is 6.92 Å². The fourth-order valence-electron chi connectivity index (χ4n) is 6.61. The molecule has 2 atom stereocenters. The molecule has 250 valence electrons. The van der Waals surface area contributed by atoms with Crippen molar-refractivity contribution in [1.29, 1.82) is 0 Å². The molecule has 0 heterocycles. The van der Waals surface area contributed by atoms with E-state index in [0.717, 1.165) is 33.4 Å². The second-order valence-electron chi connectivity index (χ2n) is 12.2. The smallest absolute Gasteiger partial charge is 0.325 e. The average Bonchev–Trinajstić information content (AvgIpc) is 3.18. The van der Waals surface area contributed by atoms with Crippen LogP contribution >= 0.6 is 11.8 Å². The van der Waals surface area contributed by atoms with E-state index >= 15 is 0 Å². The Kier molecular flexibility index (Phi) is 10.9. The lowest BCUT2D eigenvalue weighted by Gasteiger charge is -2.41. The van der Waals surface area contributed by atoms with Gasteiger partial charge >= 0.3 is 5.97 Å². The van der Waals surface area contributed by atoms with Crippen LogP contribution in [0.5, 0.6) is 0 Å². The van der Waals surface area contributed by atoms with Gasteiger partial charge in [0.25, 0.3) is 0 Å². The monoisotopic (exact) mass is 676 g/mol. The molecule has 0 bridgehead atoms. The van der Waals surface area contributed by atoms with Crippen LogP contribution in [-0.2, 0) is 19.9 Å². The zero-order valence-electron chi connectivity index (χ0n) is 27.9. The Morgan fingerprint density at radius 3 is 1.14 bits per heavy atom. The Hall–Kier alpha value is -5.43. The summed E-state index contributed by atoms with van der Waals surface area (Å²) in [5.74, 6) is -1.20. The molecule has 1 amide bonds. The Morgan fingerprint density at radius 1 is 0.540 bits per heavy atom. The quantitative estimate of drug-likeness (QED) is 0.101. The molecule has 0 aliphatic carbocycles. The summed E-state index contributed by atoms with van der Waals surface area (Å²) in [5, 5.41) is 16.5. The Labute approximate surface area is 298 Å². The number of amides is 1. The highest BCUT2D eigenvalue weighted by Crippen LogP contribution is 2.49. The molecule has 0 saturated carbocycles. The molecule has 6 rings (SSSR count). The lowest BCUT2D eigenvalue weighted by Crippen LogP contribution is -2.58. The van der Waals surface area contributed by atoms with Crippen molar-refractivity contribution in [2.45, 2.75) is 29.3 Å². The number of nitrogens with one attached hydrogen (secondary N) is 2. The van der Waals surface area contributed by atoms with Crippen LogP contribution in [0, 0.1) is 0 Å². The highest BCUT2D eigenvalue weighted by molar-refractivity contribution is 8.00. The number of carbonyl (C=O) groups is 2. The molecule has 0 aliphatic heterocycles. The maximum Gasteiger partial charge on any atom is 0.325 e. The highest BCUT2D eigenvalue weighted by Gasteiger charge is 2.43. The third-order valence-electron chi connectivity index (χ3n) is 9.06. The van der Waals surface area contributed by atoms with Crippen LogP contribution in [0.15, 0.2) is 182 Å². The van der Waals surface area contributed by atoms with Crippen LogP contribution in [0.2, 0.25) is 0 Å². The van der Waals surface area contributed by atoms with Crippen LogP contribution in [-0.4, -0.2) is 34.8 Å². The first kappa shape index (κ1) is 34.4. The summed E-state index contributed by atoms with van der Waals surface area (Å²) in [7, 11) is 0. The number of aliphatic carboxylic acids is 1. The SMILES string of the molecule is C[C@H](NC(=O)[C@@H](CSC(c1ccccc1)(c1ccccc1)c1ccccc1)NC(c1ccccc1)(c1ccccc1)c1ccccc1)C(=O)O. The fourth-order valence-corrected chi connectivity index (χ4v) is 8.17. The van der Waals surface area contributed by atoms with Crippen molar-refractivity contribution in [2.75, 3.05) is 5.75 Å². The molecular weight excluding hydrogens is 637 g/mol. The minimum atomic E-state index is -1.10. The van der Waals surface area contributed by atoms with Gasteiger partial charge in [0, 0.05) is 5.75 Å². The first-order valence-electron chi connectivity index (χ1n) is 16.7. The first-order valence-corrected chi connectivity index (χ1v) is 17.7. The van der Waals surface area contributed by atoms with Gasteiger partial charge in [-0.05, 0) is 40.3 Å². The highest BCUT2D eigenvalue weighted by atomic mass is 32.2. The molecule has 6 heteroatoms. The second-order valence-corrected chi connectivity index (χ2v) is 13.4. The van der Waals surface area contributed by atoms with E-state index in [-0.39, 0.29) is 0 Å². The third-order valence-corrected chi connectivity index (χ3v) is 10.7. The van der Waals surface area contributed by atoms with Crippen LogP contribution in [0.4, 0.5) is 0 Å². The molecule has 3 N–H and O–H groups in total. The molecule has 0 aliphatic rings. The Balaban J connectivity index is 1.54. The predicted octanol–water partition coefficient (Wildman–Crippen LogP) is 8.25. The van der Waals surface area contributed by atoms with Gasteiger partial charge in [0.2, 0.25) is 5.91 Å². The van der Waals surface area contributed by atoms with Gasteiger partial charge < -0.3 is 10.4 Å². The molecule has 6 aromatic rings. The fraction of sp³-hybridized carbons (Fsp3) is 0.136. The average molecular weight is 677 g/mol.